The summed E-state index contributed by atoms with van der Waals surface area (Å²) >= 11 is 6.68. The summed E-state index contributed by atoms with van der Waals surface area (Å²) in [7, 11) is 0. The fraction of sp³-hybridized carbons (Fsp3) is 0.375. The minimum absolute atomic E-state index is 0.0851. The van der Waals surface area contributed by atoms with Gasteiger partial charge in [0.2, 0.25) is 0 Å². The van der Waals surface area contributed by atoms with Crippen molar-refractivity contribution in [2.45, 2.75) is 19.4 Å². The third-order valence-electron chi connectivity index (χ3n) is 1.69. The van der Waals surface area contributed by atoms with Crippen LogP contribution in [0.1, 0.15) is 24.9 Å². The number of halogens is 2. The Morgan fingerprint density at radius 1 is 1.58 bits per heavy atom. The van der Waals surface area contributed by atoms with E-state index in [4.69, 9.17) is 5.73 Å². The maximum Gasteiger partial charge on any atom is 0.120 e. The molecular weight excluding hydrogens is 284 g/mol. The average Bonchev–Trinajstić information content (AvgIpc) is 2.08. The fourth-order valence-corrected chi connectivity index (χ4v) is 1.46. The van der Waals surface area contributed by atoms with Crippen molar-refractivity contribution in [2.24, 2.45) is 5.73 Å². The predicted octanol–water partition coefficient (Wildman–Crippen LogP) is 3.02. The Morgan fingerprint density at radius 3 is 2.75 bits per heavy atom. The molecule has 1 aromatic heterocycles. The zero-order valence-corrected chi connectivity index (χ0v) is 9.89. The summed E-state index contributed by atoms with van der Waals surface area (Å²) in [6.07, 6.45) is 2.72. The highest BCUT2D eigenvalue weighted by Crippen LogP contribution is 2.24. The van der Waals surface area contributed by atoms with Gasteiger partial charge in [-0.3, -0.25) is 0 Å². The van der Waals surface area contributed by atoms with E-state index in [-0.39, 0.29) is 6.04 Å². The van der Waals surface area contributed by atoms with Crippen molar-refractivity contribution < 1.29 is 0 Å². The van der Waals surface area contributed by atoms with Crippen LogP contribution in [0.15, 0.2) is 21.3 Å². The number of hydrogen-bond donors (Lipinski definition) is 1. The quantitative estimate of drug-likeness (QED) is 0.852. The van der Waals surface area contributed by atoms with Gasteiger partial charge in [-0.15, -0.1) is 0 Å². The molecule has 0 bridgehead atoms. The van der Waals surface area contributed by atoms with Gasteiger partial charge in [0.1, 0.15) is 4.60 Å². The summed E-state index contributed by atoms with van der Waals surface area (Å²) in [5, 5.41) is 0. The Morgan fingerprint density at radius 2 is 2.25 bits per heavy atom. The fourth-order valence-electron chi connectivity index (χ4n) is 0.874. The monoisotopic (exact) mass is 292 g/mol. The maximum absolute atomic E-state index is 5.84. The van der Waals surface area contributed by atoms with Crippen molar-refractivity contribution in [2.75, 3.05) is 0 Å². The van der Waals surface area contributed by atoms with Crippen LogP contribution in [0, 0.1) is 0 Å². The van der Waals surface area contributed by atoms with Crippen LogP contribution in [0.2, 0.25) is 0 Å². The molecule has 0 aromatic carbocycles. The van der Waals surface area contributed by atoms with E-state index in [0.717, 1.165) is 21.1 Å². The Bertz CT molecular complexity index is 276. The van der Waals surface area contributed by atoms with Crippen LogP contribution in [0.25, 0.3) is 0 Å². The van der Waals surface area contributed by atoms with Gasteiger partial charge in [-0.25, -0.2) is 4.98 Å². The second kappa shape index (κ2) is 4.35. The van der Waals surface area contributed by atoms with Crippen molar-refractivity contribution in [3.63, 3.8) is 0 Å². The maximum atomic E-state index is 5.84. The zero-order valence-electron chi connectivity index (χ0n) is 6.72. The average molecular weight is 294 g/mol. The lowest BCUT2D eigenvalue weighted by molar-refractivity contribution is 0.694. The molecule has 0 unspecified atom stereocenters. The summed E-state index contributed by atoms with van der Waals surface area (Å²) in [5.74, 6) is 0. The molecule has 0 amide bonds. The van der Waals surface area contributed by atoms with Gasteiger partial charge < -0.3 is 5.73 Å². The molecule has 1 atom stereocenters. The van der Waals surface area contributed by atoms with Gasteiger partial charge in [0.15, 0.2) is 0 Å². The third-order valence-corrected chi connectivity index (χ3v) is 3.45. The summed E-state index contributed by atoms with van der Waals surface area (Å²) in [5.41, 5.74) is 6.90. The molecule has 0 aliphatic carbocycles. The first-order valence-electron chi connectivity index (χ1n) is 3.71. The number of nitrogens with two attached hydrogens (primary N) is 1. The van der Waals surface area contributed by atoms with Gasteiger partial charge in [0.05, 0.1) is 4.47 Å². The van der Waals surface area contributed by atoms with Gasteiger partial charge in [0, 0.05) is 12.2 Å². The predicted molar refractivity (Wildman–Crippen MR) is 56.9 cm³/mol. The van der Waals surface area contributed by atoms with E-state index in [9.17, 15) is 0 Å². The van der Waals surface area contributed by atoms with Crippen LogP contribution < -0.4 is 5.73 Å². The molecule has 0 saturated heterocycles. The summed E-state index contributed by atoms with van der Waals surface area (Å²) in [6, 6.07) is 2.08. The van der Waals surface area contributed by atoms with Gasteiger partial charge in [-0.2, -0.15) is 0 Å². The number of rotatable bonds is 2. The van der Waals surface area contributed by atoms with Crippen molar-refractivity contribution in [1.82, 2.24) is 4.98 Å². The van der Waals surface area contributed by atoms with E-state index in [1.807, 2.05) is 6.07 Å². The normalized spacial score (nSPS) is 13.0. The van der Waals surface area contributed by atoms with E-state index >= 15 is 0 Å². The highest BCUT2D eigenvalue weighted by atomic mass is 79.9. The first-order valence-corrected chi connectivity index (χ1v) is 5.30. The van der Waals surface area contributed by atoms with Crippen LogP contribution >= 0.6 is 31.9 Å². The molecule has 2 N–H and O–H groups in total. The van der Waals surface area contributed by atoms with E-state index in [2.05, 4.69) is 43.8 Å². The number of hydrogen-bond acceptors (Lipinski definition) is 2. The summed E-state index contributed by atoms with van der Waals surface area (Å²) in [6.45, 7) is 2.06. The van der Waals surface area contributed by atoms with E-state index in [1.54, 1.807) is 6.20 Å². The number of aromatic nitrogens is 1. The molecule has 1 heterocycles. The first kappa shape index (κ1) is 10.2. The molecule has 0 fully saturated rings. The van der Waals surface area contributed by atoms with Gasteiger partial charge >= 0.3 is 0 Å². The Balaban J connectivity index is 2.96. The Hall–Kier alpha value is 0.0700. The summed E-state index contributed by atoms with van der Waals surface area (Å²) < 4.78 is 1.76. The van der Waals surface area contributed by atoms with E-state index in [1.165, 1.54) is 0 Å². The largest absolute Gasteiger partial charge is 0.324 e. The van der Waals surface area contributed by atoms with Crippen molar-refractivity contribution in [1.29, 1.82) is 0 Å². The second-order valence-corrected chi connectivity index (χ2v) is 4.16. The molecule has 1 aromatic rings. The third kappa shape index (κ3) is 2.28. The Kier molecular flexibility index (Phi) is 3.68. The molecular formula is C8H10Br2N2. The van der Waals surface area contributed by atoms with Crippen LogP contribution in [0.3, 0.4) is 0 Å². The second-order valence-electron chi connectivity index (χ2n) is 2.56. The van der Waals surface area contributed by atoms with Gasteiger partial charge in [-0.1, -0.05) is 6.92 Å². The molecule has 0 saturated carbocycles. The topological polar surface area (TPSA) is 38.9 Å². The molecule has 0 radical (unpaired) electrons. The number of pyridine rings is 1. The molecule has 1 rings (SSSR count). The first-order chi connectivity index (χ1) is 5.65. The highest BCUT2D eigenvalue weighted by Gasteiger charge is 2.05. The minimum atomic E-state index is 0.0851. The molecule has 12 heavy (non-hydrogen) atoms. The van der Waals surface area contributed by atoms with E-state index < -0.39 is 0 Å². The SMILES string of the molecule is CC[C@H](N)c1cnc(Br)c(Br)c1. The summed E-state index contributed by atoms with van der Waals surface area (Å²) in [4.78, 5) is 4.14. The lowest BCUT2D eigenvalue weighted by atomic mass is 10.1. The zero-order chi connectivity index (χ0) is 9.14. The van der Waals surface area contributed by atoms with Crippen LogP contribution in [0.4, 0.5) is 0 Å². The highest BCUT2D eigenvalue weighted by molar-refractivity contribution is 9.13. The molecule has 2 nitrogen and oxygen atoms in total. The van der Waals surface area contributed by atoms with Gasteiger partial charge in [-0.05, 0) is 49.9 Å². The minimum Gasteiger partial charge on any atom is -0.324 e. The molecule has 0 spiro atoms. The van der Waals surface area contributed by atoms with Crippen molar-refractivity contribution in [3.8, 4) is 0 Å². The standard InChI is InChI=1S/C8H10Br2N2/c1-2-7(11)5-3-6(9)8(10)12-4-5/h3-4,7H,2,11H2,1H3/t7-/m0/s1. The smallest absolute Gasteiger partial charge is 0.120 e. The Labute approximate surface area is 88.8 Å². The van der Waals surface area contributed by atoms with Crippen LogP contribution in [-0.2, 0) is 0 Å². The van der Waals surface area contributed by atoms with Crippen LogP contribution in [-0.4, -0.2) is 4.98 Å². The molecule has 66 valence electrons. The van der Waals surface area contributed by atoms with Crippen molar-refractivity contribution >= 4 is 31.9 Å². The van der Waals surface area contributed by atoms with Crippen molar-refractivity contribution in [3.05, 3.63) is 26.9 Å². The molecule has 4 heteroatoms. The lowest BCUT2D eigenvalue weighted by Crippen LogP contribution is -2.08. The molecule has 0 aliphatic rings. The van der Waals surface area contributed by atoms with Crippen LogP contribution in [0.5, 0.6) is 0 Å². The lowest BCUT2D eigenvalue weighted by Gasteiger charge is -2.08. The number of nitrogens with zero attached hydrogens (tertiary/aromatic N) is 1. The van der Waals surface area contributed by atoms with Gasteiger partial charge in [0.25, 0.3) is 0 Å². The van der Waals surface area contributed by atoms with E-state index in [0.29, 0.717) is 0 Å². The molecule has 0 aliphatic heterocycles.